The van der Waals surface area contributed by atoms with Gasteiger partial charge in [0.15, 0.2) is 5.82 Å². The van der Waals surface area contributed by atoms with Gasteiger partial charge < -0.3 is 5.73 Å². The van der Waals surface area contributed by atoms with Crippen LogP contribution in [0.25, 0.3) is 11.4 Å². The quantitative estimate of drug-likeness (QED) is 0.665. The molecule has 8 heteroatoms. The summed E-state index contributed by atoms with van der Waals surface area (Å²) in [6.45, 7) is 1.89. The van der Waals surface area contributed by atoms with Gasteiger partial charge in [-0.1, -0.05) is 42.3 Å². The summed E-state index contributed by atoms with van der Waals surface area (Å²) >= 11 is 11.8. The fourth-order valence-corrected chi connectivity index (χ4v) is 3.13. The Balaban J connectivity index is 2.00. The molecular formula is C19H17Cl2FN4O. The number of nitrogens with zero attached hydrogens (tertiary/aromatic N) is 3. The molecule has 0 aliphatic carbocycles. The molecule has 3 rings (SSSR count). The van der Waals surface area contributed by atoms with E-state index in [0.717, 1.165) is 5.56 Å². The van der Waals surface area contributed by atoms with Crippen molar-refractivity contribution in [3.63, 3.8) is 0 Å². The molecule has 0 radical (unpaired) electrons. The highest BCUT2D eigenvalue weighted by Crippen LogP contribution is 2.25. The second-order valence-electron chi connectivity index (χ2n) is 6.03. The first-order chi connectivity index (χ1) is 12.9. The minimum atomic E-state index is -0.739. The highest BCUT2D eigenvalue weighted by atomic mass is 35.5. The summed E-state index contributed by atoms with van der Waals surface area (Å²) < 4.78 is 15.3. The largest absolute Gasteiger partial charge is 0.368 e. The van der Waals surface area contributed by atoms with Crippen molar-refractivity contribution in [1.29, 1.82) is 0 Å². The molecule has 1 heterocycles. The molecular weight excluding hydrogens is 390 g/mol. The number of halogens is 3. The number of hydrogen-bond donors (Lipinski definition) is 1. The van der Waals surface area contributed by atoms with Crippen LogP contribution in [0.4, 0.5) is 4.39 Å². The number of amides is 1. The van der Waals surface area contributed by atoms with Crippen LogP contribution < -0.4 is 5.73 Å². The van der Waals surface area contributed by atoms with E-state index in [2.05, 4.69) is 10.1 Å². The van der Waals surface area contributed by atoms with Gasteiger partial charge in [-0.25, -0.2) is 14.1 Å². The summed E-state index contributed by atoms with van der Waals surface area (Å²) in [5.41, 5.74) is 6.95. The molecule has 0 aliphatic heterocycles. The average molecular weight is 407 g/mol. The van der Waals surface area contributed by atoms with Crippen molar-refractivity contribution in [3.05, 3.63) is 69.7 Å². The van der Waals surface area contributed by atoms with Gasteiger partial charge in [0, 0.05) is 23.4 Å². The van der Waals surface area contributed by atoms with Gasteiger partial charge in [-0.3, -0.25) is 4.79 Å². The third-order valence-corrected chi connectivity index (χ3v) is 4.68. The molecule has 0 saturated carbocycles. The molecule has 0 aliphatic rings. The first-order valence-electron chi connectivity index (χ1n) is 8.33. The number of carbonyl (C=O) groups excluding carboxylic acids is 1. The van der Waals surface area contributed by atoms with Crippen molar-refractivity contribution in [3.8, 4) is 11.4 Å². The third-order valence-electron chi connectivity index (χ3n) is 4.14. The maximum Gasteiger partial charge on any atom is 0.242 e. The van der Waals surface area contributed by atoms with E-state index in [1.54, 1.807) is 24.3 Å². The van der Waals surface area contributed by atoms with E-state index in [1.807, 2.05) is 13.0 Å². The van der Waals surface area contributed by atoms with Crippen molar-refractivity contribution in [1.82, 2.24) is 14.8 Å². The predicted octanol–water partition coefficient (Wildman–Crippen LogP) is 4.22. The molecule has 140 valence electrons. The van der Waals surface area contributed by atoms with Crippen molar-refractivity contribution < 1.29 is 9.18 Å². The van der Waals surface area contributed by atoms with Crippen molar-refractivity contribution in [2.75, 3.05) is 0 Å². The van der Waals surface area contributed by atoms with E-state index in [4.69, 9.17) is 28.9 Å². The fraction of sp³-hybridized carbons (Fsp3) is 0.211. The summed E-state index contributed by atoms with van der Waals surface area (Å²) in [5, 5.41) is 5.01. The average Bonchev–Trinajstić information content (AvgIpc) is 3.06. The van der Waals surface area contributed by atoms with Crippen LogP contribution in [0.5, 0.6) is 0 Å². The molecule has 0 spiro atoms. The summed E-state index contributed by atoms with van der Waals surface area (Å²) in [7, 11) is 0. The first kappa shape index (κ1) is 19.3. The monoisotopic (exact) mass is 406 g/mol. The number of benzene rings is 2. The molecule has 2 aromatic carbocycles. The molecule has 1 aromatic heterocycles. The standard InChI is InChI=1S/C19H17Cl2FN4O/c1-2-17-24-19(12-6-7-14(21)15(22)10-12)25-26(17)16(18(23)27)9-11-4-3-5-13(20)8-11/h3-8,10,16H,2,9H2,1H3,(H2,23,27). The Morgan fingerprint density at radius 3 is 2.67 bits per heavy atom. The molecule has 1 unspecified atom stereocenters. The van der Waals surface area contributed by atoms with Gasteiger partial charge in [0.05, 0.1) is 5.02 Å². The van der Waals surface area contributed by atoms with E-state index in [0.29, 0.717) is 35.1 Å². The van der Waals surface area contributed by atoms with Gasteiger partial charge in [0.25, 0.3) is 0 Å². The maximum absolute atomic E-state index is 13.8. The van der Waals surface area contributed by atoms with Gasteiger partial charge >= 0.3 is 0 Å². The van der Waals surface area contributed by atoms with Gasteiger partial charge in [-0.15, -0.1) is 5.10 Å². The predicted molar refractivity (Wildman–Crippen MR) is 103 cm³/mol. The molecule has 1 amide bonds. The minimum Gasteiger partial charge on any atom is -0.368 e. The molecule has 0 bridgehead atoms. The van der Waals surface area contributed by atoms with Gasteiger partial charge in [-0.05, 0) is 35.9 Å². The lowest BCUT2D eigenvalue weighted by Gasteiger charge is -2.16. The van der Waals surface area contributed by atoms with Gasteiger partial charge in [0.1, 0.15) is 17.7 Å². The van der Waals surface area contributed by atoms with Crippen LogP contribution in [0, 0.1) is 5.82 Å². The zero-order valence-corrected chi connectivity index (χ0v) is 16.0. The molecule has 2 N–H and O–H groups in total. The summed E-state index contributed by atoms with van der Waals surface area (Å²) in [5.74, 6) is -0.219. The van der Waals surface area contributed by atoms with E-state index < -0.39 is 17.8 Å². The lowest BCUT2D eigenvalue weighted by Crippen LogP contribution is -2.30. The first-order valence-corrected chi connectivity index (χ1v) is 9.09. The van der Waals surface area contributed by atoms with Crippen molar-refractivity contribution in [2.24, 2.45) is 5.73 Å². The Morgan fingerprint density at radius 1 is 1.26 bits per heavy atom. The number of hydrogen-bond acceptors (Lipinski definition) is 3. The van der Waals surface area contributed by atoms with E-state index in [9.17, 15) is 9.18 Å². The normalized spacial score (nSPS) is 12.1. The molecule has 1 atom stereocenters. The Kier molecular flexibility index (Phi) is 5.77. The second-order valence-corrected chi connectivity index (χ2v) is 6.87. The maximum atomic E-state index is 13.8. The lowest BCUT2D eigenvalue weighted by molar-refractivity contribution is -0.121. The number of rotatable bonds is 6. The second kappa shape index (κ2) is 8.06. The Labute approximate surface area is 165 Å². The number of carbonyl (C=O) groups is 1. The summed E-state index contributed by atoms with van der Waals surface area (Å²) in [6.07, 6.45) is 0.850. The van der Waals surface area contributed by atoms with Gasteiger partial charge in [-0.2, -0.15) is 0 Å². The zero-order valence-electron chi connectivity index (χ0n) is 14.5. The van der Waals surface area contributed by atoms with Crippen LogP contribution in [-0.4, -0.2) is 20.7 Å². The molecule has 5 nitrogen and oxygen atoms in total. The third kappa shape index (κ3) is 4.28. The molecule has 3 aromatic rings. The molecule has 0 fully saturated rings. The lowest BCUT2D eigenvalue weighted by atomic mass is 10.1. The topological polar surface area (TPSA) is 73.8 Å². The van der Waals surface area contributed by atoms with Crippen LogP contribution >= 0.6 is 23.2 Å². The smallest absolute Gasteiger partial charge is 0.242 e. The van der Waals surface area contributed by atoms with Crippen LogP contribution in [0.3, 0.4) is 0 Å². The number of aryl methyl sites for hydroxylation is 1. The number of primary amides is 1. The fourth-order valence-electron chi connectivity index (χ4n) is 2.80. The highest BCUT2D eigenvalue weighted by molar-refractivity contribution is 6.31. The van der Waals surface area contributed by atoms with Crippen LogP contribution in [0.15, 0.2) is 42.5 Å². The molecule has 27 heavy (non-hydrogen) atoms. The Bertz CT molecular complexity index is 990. The zero-order chi connectivity index (χ0) is 19.6. The van der Waals surface area contributed by atoms with E-state index in [-0.39, 0.29) is 5.02 Å². The van der Waals surface area contributed by atoms with E-state index >= 15 is 0 Å². The van der Waals surface area contributed by atoms with Crippen LogP contribution in [-0.2, 0) is 17.6 Å². The Hall–Kier alpha value is -2.44. The van der Waals surface area contributed by atoms with Crippen LogP contribution in [0.1, 0.15) is 24.4 Å². The molecule has 0 saturated heterocycles. The highest BCUT2D eigenvalue weighted by Gasteiger charge is 2.24. The van der Waals surface area contributed by atoms with E-state index in [1.165, 1.54) is 16.8 Å². The number of nitrogens with two attached hydrogens (primary N) is 1. The SMILES string of the molecule is CCc1nc(-c2ccc(Cl)c(F)c2)nn1C(Cc1cccc(Cl)c1)C(N)=O. The summed E-state index contributed by atoms with van der Waals surface area (Å²) in [6, 6.07) is 10.8. The number of aromatic nitrogens is 3. The van der Waals surface area contributed by atoms with Crippen molar-refractivity contribution in [2.45, 2.75) is 25.8 Å². The summed E-state index contributed by atoms with van der Waals surface area (Å²) in [4.78, 5) is 16.6. The minimum absolute atomic E-state index is 0.0184. The Morgan fingerprint density at radius 2 is 2.04 bits per heavy atom. The van der Waals surface area contributed by atoms with Crippen LogP contribution in [0.2, 0.25) is 10.0 Å². The van der Waals surface area contributed by atoms with Gasteiger partial charge in [0.2, 0.25) is 5.91 Å². The van der Waals surface area contributed by atoms with Crippen molar-refractivity contribution >= 4 is 29.1 Å².